The minimum absolute atomic E-state index is 0.306. The molecule has 2 amide bonds. The summed E-state index contributed by atoms with van der Waals surface area (Å²) in [6, 6.07) is 16.5. The predicted octanol–water partition coefficient (Wildman–Crippen LogP) is 2.36. The number of para-hydroxylation sites is 1. The molecule has 1 atom stereocenters. The molecule has 1 aromatic carbocycles. The summed E-state index contributed by atoms with van der Waals surface area (Å²) in [5.74, 6) is 0.963. The number of nitrogens with one attached hydrogen (secondary N) is 2. The molecule has 0 saturated carbocycles. The normalized spacial score (nSPS) is 11.8. The van der Waals surface area contributed by atoms with Crippen LogP contribution in [0.1, 0.15) is 36.5 Å². The van der Waals surface area contributed by atoms with Crippen molar-refractivity contribution >= 4 is 17.5 Å². The average Bonchev–Trinajstić information content (AvgIpc) is 3.38. The number of nitrogens with two attached hydrogens (primary N) is 1. The molecule has 3 heterocycles. The number of urea groups is 1. The molecule has 162 valence electrons. The molecule has 0 fully saturated rings. The fourth-order valence-corrected chi connectivity index (χ4v) is 3.47. The highest BCUT2D eigenvalue weighted by Gasteiger charge is 2.17. The number of nitriles is 1. The van der Waals surface area contributed by atoms with Gasteiger partial charge in [0.05, 0.1) is 17.4 Å². The van der Waals surface area contributed by atoms with Crippen LogP contribution in [0.5, 0.6) is 0 Å². The number of hydrogen-bond donors (Lipinski definition) is 3. The van der Waals surface area contributed by atoms with Gasteiger partial charge < -0.3 is 16.4 Å². The highest BCUT2D eigenvalue weighted by Crippen LogP contribution is 2.21. The number of fused-ring (bicyclic) bond motifs is 1. The number of benzene rings is 1. The maximum Gasteiger partial charge on any atom is 0.315 e. The Balaban J connectivity index is 1.31. The number of amides is 2. The van der Waals surface area contributed by atoms with Gasteiger partial charge in [-0.3, -0.25) is 4.40 Å². The second-order valence-corrected chi connectivity index (χ2v) is 7.28. The molecular weight excluding hydrogens is 406 g/mol. The quantitative estimate of drug-likeness (QED) is 0.385. The van der Waals surface area contributed by atoms with Gasteiger partial charge in [0.1, 0.15) is 17.5 Å². The van der Waals surface area contributed by atoms with Gasteiger partial charge in [-0.1, -0.05) is 24.3 Å². The van der Waals surface area contributed by atoms with E-state index in [0.29, 0.717) is 42.3 Å². The van der Waals surface area contributed by atoms with Crippen LogP contribution in [0.15, 0.2) is 54.7 Å². The number of anilines is 1. The summed E-state index contributed by atoms with van der Waals surface area (Å²) in [5, 5.41) is 27.9. The minimum Gasteiger partial charge on any atom is -0.382 e. The van der Waals surface area contributed by atoms with Crippen LogP contribution in [0, 0.1) is 11.3 Å². The Kier molecular flexibility index (Phi) is 5.98. The zero-order valence-electron chi connectivity index (χ0n) is 17.6. The van der Waals surface area contributed by atoms with Gasteiger partial charge in [-0.05, 0) is 44.0 Å². The molecular formula is C22H23N9O. The molecule has 0 aliphatic heterocycles. The molecule has 0 spiro atoms. The lowest BCUT2D eigenvalue weighted by Crippen LogP contribution is -2.38. The largest absolute Gasteiger partial charge is 0.382 e. The second-order valence-electron chi connectivity index (χ2n) is 7.28. The smallest absolute Gasteiger partial charge is 0.315 e. The highest BCUT2D eigenvalue weighted by atomic mass is 16.2. The number of carbonyl (C=O) groups excluding carboxylic acids is 1. The first kappa shape index (κ1) is 20.9. The number of hydrogen-bond acceptors (Lipinski definition) is 6. The molecule has 0 aliphatic rings. The summed E-state index contributed by atoms with van der Waals surface area (Å²) in [7, 11) is 0. The monoisotopic (exact) mass is 429 g/mol. The number of nitrogen functional groups attached to an aromatic ring is 1. The van der Waals surface area contributed by atoms with E-state index in [2.05, 4.69) is 32.0 Å². The first-order chi connectivity index (χ1) is 15.6. The van der Waals surface area contributed by atoms with E-state index in [1.165, 1.54) is 0 Å². The maximum atomic E-state index is 12.3. The zero-order chi connectivity index (χ0) is 22.5. The minimum atomic E-state index is -0.320. The molecule has 0 bridgehead atoms. The zero-order valence-corrected chi connectivity index (χ0v) is 17.6. The van der Waals surface area contributed by atoms with E-state index in [9.17, 15) is 10.1 Å². The van der Waals surface area contributed by atoms with E-state index in [4.69, 9.17) is 5.73 Å². The Labute approximate surface area is 184 Å². The third-order valence-electron chi connectivity index (χ3n) is 5.06. The van der Waals surface area contributed by atoms with Crippen LogP contribution in [0.25, 0.3) is 11.3 Å². The van der Waals surface area contributed by atoms with Crippen LogP contribution in [0.2, 0.25) is 0 Å². The third kappa shape index (κ3) is 4.22. The van der Waals surface area contributed by atoms with Crippen molar-refractivity contribution in [3.05, 3.63) is 71.8 Å². The van der Waals surface area contributed by atoms with Crippen molar-refractivity contribution in [2.24, 2.45) is 0 Å². The first-order valence-electron chi connectivity index (χ1n) is 10.3. The van der Waals surface area contributed by atoms with Crippen LogP contribution in [-0.4, -0.2) is 37.0 Å². The Bertz CT molecular complexity index is 1270. The topological polar surface area (TPSA) is 139 Å². The number of nitrogens with zero attached hydrogens (tertiary/aromatic N) is 6. The van der Waals surface area contributed by atoms with E-state index < -0.39 is 0 Å². The number of pyridine rings is 1. The number of aryl methyl sites for hydroxylation is 1. The average molecular weight is 429 g/mol. The fraction of sp³-hybridized carbons (Fsp3) is 0.227. The summed E-state index contributed by atoms with van der Waals surface area (Å²) in [4.78, 5) is 12.3. The summed E-state index contributed by atoms with van der Waals surface area (Å²) in [6.07, 6.45) is 2.97. The Morgan fingerprint density at radius 3 is 2.75 bits per heavy atom. The van der Waals surface area contributed by atoms with Crippen LogP contribution < -0.4 is 16.4 Å². The third-order valence-corrected chi connectivity index (χ3v) is 5.06. The second kappa shape index (κ2) is 9.18. The van der Waals surface area contributed by atoms with Crippen molar-refractivity contribution in [3.63, 3.8) is 0 Å². The van der Waals surface area contributed by atoms with Crippen molar-refractivity contribution < 1.29 is 4.79 Å². The van der Waals surface area contributed by atoms with Crippen molar-refractivity contribution in [2.75, 3.05) is 12.3 Å². The van der Waals surface area contributed by atoms with Crippen LogP contribution in [-0.2, 0) is 6.42 Å². The molecule has 0 radical (unpaired) electrons. The number of aromatic nitrogens is 5. The van der Waals surface area contributed by atoms with Crippen LogP contribution >= 0.6 is 0 Å². The predicted molar refractivity (Wildman–Crippen MR) is 119 cm³/mol. The molecule has 1 unspecified atom stereocenters. The Hall–Kier alpha value is -4.39. The SMILES string of the molecule is CC(NC(=O)NCCCc1nn(-c2ccccc2)c(N)c1C#N)c1nnc2ccccn12. The number of rotatable bonds is 7. The molecule has 0 saturated heterocycles. The lowest BCUT2D eigenvalue weighted by Gasteiger charge is -2.13. The molecule has 4 rings (SSSR count). The molecule has 3 aromatic heterocycles. The lowest BCUT2D eigenvalue weighted by molar-refractivity contribution is 0.237. The Morgan fingerprint density at radius 1 is 1.19 bits per heavy atom. The molecule has 10 nitrogen and oxygen atoms in total. The molecule has 32 heavy (non-hydrogen) atoms. The van der Waals surface area contributed by atoms with Gasteiger partial charge >= 0.3 is 6.03 Å². The van der Waals surface area contributed by atoms with E-state index >= 15 is 0 Å². The van der Waals surface area contributed by atoms with Gasteiger partial charge in [-0.25, -0.2) is 9.48 Å². The Morgan fingerprint density at radius 2 is 1.97 bits per heavy atom. The summed E-state index contributed by atoms with van der Waals surface area (Å²) in [6.45, 7) is 2.27. The highest BCUT2D eigenvalue weighted by molar-refractivity contribution is 5.74. The van der Waals surface area contributed by atoms with Gasteiger partial charge in [0.25, 0.3) is 0 Å². The van der Waals surface area contributed by atoms with Gasteiger partial charge in [-0.15, -0.1) is 10.2 Å². The summed E-state index contributed by atoms with van der Waals surface area (Å²) < 4.78 is 3.40. The van der Waals surface area contributed by atoms with E-state index in [-0.39, 0.29) is 12.1 Å². The summed E-state index contributed by atoms with van der Waals surface area (Å²) in [5.41, 5.74) is 8.62. The number of carbonyl (C=O) groups is 1. The van der Waals surface area contributed by atoms with Crippen molar-refractivity contribution in [1.82, 2.24) is 35.0 Å². The van der Waals surface area contributed by atoms with Crippen molar-refractivity contribution in [3.8, 4) is 11.8 Å². The lowest BCUT2D eigenvalue weighted by atomic mass is 10.1. The van der Waals surface area contributed by atoms with Crippen molar-refractivity contribution in [1.29, 1.82) is 5.26 Å². The van der Waals surface area contributed by atoms with Crippen LogP contribution in [0.4, 0.5) is 10.6 Å². The van der Waals surface area contributed by atoms with Gasteiger partial charge in [0, 0.05) is 12.7 Å². The molecule has 4 N–H and O–H groups in total. The fourth-order valence-electron chi connectivity index (χ4n) is 3.47. The van der Waals surface area contributed by atoms with E-state index in [1.807, 2.05) is 66.1 Å². The van der Waals surface area contributed by atoms with Crippen LogP contribution in [0.3, 0.4) is 0 Å². The standard InChI is InChI=1S/C22H23N9O/c1-15(21-28-27-19-11-5-6-13-30(19)21)26-22(32)25-12-7-10-18-17(14-23)20(24)31(29-18)16-8-3-2-4-9-16/h2-6,8-9,11,13,15H,7,10,12,24H2,1H3,(H2,25,26,32). The summed E-state index contributed by atoms with van der Waals surface area (Å²) >= 11 is 0. The molecule has 10 heteroatoms. The molecule has 0 aliphatic carbocycles. The maximum absolute atomic E-state index is 12.3. The van der Waals surface area contributed by atoms with E-state index in [0.717, 1.165) is 11.3 Å². The molecule has 4 aromatic rings. The first-order valence-corrected chi connectivity index (χ1v) is 10.3. The van der Waals surface area contributed by atoms with E-state index in [1.54, 1.807) is 4.68 Å². The van der Waals surface area contributed by atoms with Gasteiger partial charge in [-0.2, -0.15) is 10.4 Å². The van der Waals surface area contributed by atoms with Gasteiger partial charge in [0.2, 0.25) is 0 Å². The van der Waals surface area contributed by atoms with Crippen molar-refractivity contribution in [2.45, 2.75) is 25.8 Å². The van der Waals surface area contributed by atoms with Gasteiger partial charge in [0.15, 0.2) is 11.5 Å².